The Morgan fingerprint density at radius 1 is 1.33 bits per heavy atom. The summed E-state index contributed by atoms with van der Waals surface area (Å²) in [7, 11) is 0. The van der Waals surface area contributed by atoms with Crippen LogP contribution in [0.2, 0.25) is 0 Å². The molecule has 0 aromatic rings. The van der Waals surface area contributed by atoms with Gasteiger partial charge in [0.15, 0.2) is 0 Å². The maximum absolute atomic E-state index is 2.21. The van der Waals surface area contributed by atoms with E-state index >= 15 is 0 Å². The van der Waals surface area contributed by atoms with Crippen molar-refractivity contribution >= 4 is 11.8 Å². The third kappa shape index (κ3) is 4.35. The second kappa shape index (κ2) is 5.35. The number of hydrogen-bond donors (Lipinski definition) is 0. The normalized spacial score (nSPS) is 9.00. The highest BCUT2D eigenvalue weighted by Crippen LogP contribution is 1.98. The monoisotopic (exact) mass is 105 g/mol. The first-order valence-corrected chi connectivity index (χ1v) is 3.65. The first-order chi connectivity index (χ1) is 2.91. The van der Waals surface area contributed by atoms with Gasteiger partial charge in [0.2, 0.25) is 0 Å². The smallest absolute Gasteiger partial charge is 0.00703 e. The van der Waals surface area contributed by atoms with Crippen molar-refractivity contribution in [3.63, 3.8) is 0 Å². The Morgan fingerprint density at radius 3 is 2.17 bits per heavy atom. The van der Waals surface area contributed by atoms with Gasteiger partial charge in [0, 0.05) is 0 Å². The van der Waals surface area contributed by atoms with E-state index < -0.39 is 0 Å². The number of rotatable bonds is 3. The SMILES string of the molecule is CC[13CH2]SCC. The van der Waals surface area contributed by atoms with Crippen molar-refractivity contribution in [1.29, 1.82) is 0 Å². The fourth-order valence-corrected chi connectivity index (χ4v) is 0.866. The average molecular weight is 105 g/mol. The number of thioether (sulfide) groups is 1. The van der Waals surface area contributed by atoms with Crippen molar-refractivity contribution in [3.8, 4) is 0 Å². The maximum Gasteiger partial charge on any atom is -0.00703 e. The zero-order chi connectivity index (χ0) is 4.83. The van der Waals surface area contributed by atoms with Gasteiger partial charge in [-0.1, -0.05) is 13.8 Å². The molecule has 0 amide bonds. The minimum atomic E-state index is 1.27. The molecule has 0 heterocycles. The third-order valence-electron chi connectivity index (χ3n) is 0.553. The van der Waals surface area contributed by atoms with Crippen molar-refractivity contribution in [2.24, 2.45) is 0 Å². The molecule has 0 rings (SSSR count). The summed E-state index contributed by atoms with van der Waals surface area (Å²) in [5.41, 5.74) is 0. The zero-order valence-electron chi connectivity index (χ0n) is 4.53. The molecule has 0 aliphatic rings. The van der Waals surface area contributed by atoms with Crippen LogP contribution in [0.1, 0.15) is 20.3 Å². The fourth-order valence-electron chi connectivity index (χ4n) is 0.289. The Balaban J connectivity index is 2.34. The highest BCUT2D eigenvalue weighted by Gasteiger charge is 1.74. The zero-order valence-corrected chi connectivity index (χ0v) is 5.35. The van der Waals surface area contributed by atoms with Crippen LogP contribution < -0.4 is 0 Å². The molecule has 0 fully saturated rings. The minimum absolute atomic E-state index is 1.27. The van der Waals surface area contributed by atoms with Crippen LogP contribution in [0.5, 0.6) is 0 Å². The summed E-state index contributed by atoms with van der Waals surface area (Å²) in [5, 5.41) is 0. The van der Waals surface area contributed by atoms with E-state index in [1.54, 1.807) is 0 Å². The van der Waals surface area contributed by atoms with Crippen LogP contribution in [0.3, 0.4) is 0 Å². The summed E-state index contributed by atoms with van der Waals surface area (Å²) < 4.78 is 0. The van der Waals surface area contributed by atoms with E-state index in [0.29, 0.717) is 0 Å². The molecule has 1 heteroatoms. The first kappa shape index (κ1) is 6.35. The Bertz CT molecular complexity index is 15.9. The van der Waals surface area contributed by atoms with Gasteiger partial charge in [-0.05, 0) is 17.9 Å². The molecule has 0 spiro atoms. The standard InChI is InChI=1S/C5H12S/c1-3-5-6-4-2/h3-5H2,1-2H3/i5+1. The highest BCUT2D eigenvalue weighted by atomic mass is 32.2. The molecule has 6 heavy (non-hydrogen) atoms. The number of hydrogen-bond acceptors (Lipinski definition) is 1. The van der Waals surface area contributed by atoms with Gasteiger partial charge in [-0.15, -0.1) is 0 Å². The predicted octanol–water partition coefficient (Wildman–Crippen LogP) is 2.15. The molecular weight excluding hydrogens is 93.1 g/mol. The predicted molar refractivity (Wildman–Crippen MR) is 33.3 cm³/mol. The van der Waals surface area contributed by atoms with Crippen molar-refractivity contribution in [2.45, 2.75) is 20.3 Å². The van der Waals surface area contributed by atoms with E-state index in [0.717, 1.165) is 0 Å². The van der Waals surface area contributed by atoms with Crippen molar-refractivity contribution in [3.05, 3.63) is 0 Å². The minimum Gasteiger partial charge on any atom is -0.162 e. The molecular formula is C5H12S. The molecule has 0 unspecified atom stereocenters. The largest absolute Gasteiger partial charge is 0.162 e. The molecule has 0 aliphatic carbocycles. The molecule has 0 aromatic heterocycles. The molecule has 38 valence electrons. The topological polar surface area (TPSA) is 0 Å². The highest BCUT2D eigenvalue weighted by molar-refractivity contribution is 7.99. The van der Waals surface area contributed by atoms with Gasteiger partial charge in [0.1, 0.15) is 0 Å². The summed E-state index contributed by atoms with van der Waals surface area (Å²) in [6.07, 6.45) is 1.32. The summed E-state index contributed by atoms with van der Waals surface area (Å²) in [6, 6.07) is 0. The summed E-state index contributed by atoms with van der Waals surface area (Å²) in [4.78, 5) is 0. The van der Waals surface area contributed by atoms with Crippen LogP contribution in [0, 0.1) is 0 Å². The van der Waals surface area contributed by atoms with E-state index in [-0.39, 0.29) is 0 Å². The van der Waals surface area contributed by atoms with E-state index in [4.69, 9.17) is 0 Å². The van der Waals surface area contributed by atoms with Crippen LogP contribution >= 0.6 is 11.8 Å². The van der Waals surface area contributed by atoms with E-state index in [9.17, 15) is 0 Å². The van der Waals surface area contributed by atoms with Crippen LogP contribution in [0.15, 0.2) is 0 Å². The van der Waals surface area contributed by atoms with Gasteiger partial charge in [0.05, 0.1) is 0 Å². The van der Waals surface area contributed by atoms with Crippen LogP contribution in [0.25, 0.3) is 0 Å². The molecule has 0 atom stereocenters. The molecule has 0 nitrogen and oxygen atoms in total. The Hall–Kier alpha value is 0.350. The Morgan fingerprint density at radius 2 is 2.00 bits per heavy atom. The summed E-state index contributed by atoms with van der Waals surface area (Å²) in [5.74, 6) is 2.60. The lowest BCUT2D eigenvalue weighted by molar-refractivity contribution is 1.11. The molecule has 0 saturated carbocycles. The third-order valence-corrected chi connectivity index (χ3v) is 1.66. The van der Waals surface area contributed by atoms with Gasteiger partial charge in [-0.3, -0.25) is 0 Å². The van der Waals surface area contributed by atoms with E-state index in [2.05, 4.69) is 13.8 Å². The maximum atomic E-state index is 2.21. The molecule has 0 radical (unpaired) electrons. The molecule has 0 N–H and O–H groups in total. The molecule has 0 aliphatic heterocycles. The molecule has 0 saturated heterocycles. The second-order valence-corrected chi connectivity index (χ2v) is 2.59. The van der Waals surface area contributed by atoms with Crippen molar-refractivity contribution in [2.75, 3.05) is 11.5 Å². The lowest BCUT2D eigenvalue weighted by Gasteiger charge is -1.87. The van der Waals surface area contributed by atoms with Crippen LogP contribution in [-0.4, -0.2) is 11.5 Å². The Labute approximate surface area is 44.3 Å². The van der Waals surface area contributed by atoms with Gasteiger partial charge < -0.3 is 0 Å². The summed E-state index contributed by atoms with van der Waals surface area (Å²) in [6.45, 7) is 4.41. The lowest BCUT2D eigenvalue weighted by Crippen LogP contribution is -1.71. The molecule has 0 aromatic carbocycles. The van der Waals surface area contributed by atoms with Gasteiger partial charge in [-0.25, -0.2) is 0 Å². The lowest BCUT2D eigenvalue weighted by atomic mass is 10.8. The van der Waals surface area contributed by atoms with Gasteiger partial charge in [-0.2, -0.15) is 11.8 Å². The quantitative estimate of drug-likeness (QED) is 0.391. The second-order valence-electron chi connectivity index (χ2n) is 1.20. The Kier molecular flexibility index (Phi) is 5.66. The van der Waals surface area contributed by atoms with Gasteiger partial charge >= 0.3 is 0 Å². The average Bonchev–Trinajstić information content (AvgIpc) is 1.61. The van der Waals surface area contributed by atoms with Crippen molar-refractivity contribution in [1.82, 2.24) is 0 Å². The van der Waals surface area contributed by atoms with Gasteiger partial charge in [0.25, 0.3) is 0 Å². The fraction of sp³-hybridized carbons (Fsp3) is 1.00. The molecule has 0 bridgehead atoms. The summed E-state index contributed by atoms with van der Waals surface area (Å²) >= 11 is 2.01. The first-order valence-electron chi connectivity index (χ1n) is 2.49. The van der Waals surface area contributed by atoms with E-state index in [1.807, 2.05) is 11.8 Å². The van der Waals surface area contributed by atoms with E-state index in [1.165, 1.54) is 17.9 Å². The van der Waals surface area contributed by atoms with Crippen molar-refractivity contribution < 1.29 is 0 Å². The van der Waals surface area contributed by atoms with Crippen LogP contribution in [0.4, 0.5) is 0 Å². The van der Waals surface area contributed by atoms with Crippen LogP contribution in [-0.2, 0) is 0 Å².